The van der Waals surface area contributed by atoms with Crippen molar-refractivity contribution in [2.24, 2.45) is 0 Å². The van der Waals surface area contributed by atoms with Crippen LogP contribution in [0, 0.1) is 0 Å². The molecule has 2 aromatic rings. The molecule has 0 radical (unpaired) electrons. The first-order valence-corrected chi connectivity index (χ1v) is 6.80. The van der Waals surface area contributed by atoms with Crippen molar-refractivity contribution in [3.8, 4) is 0 Å². The minimum absolute atomic E-state index is 0.374. The predicted molar refractivity (Wildman–Crippen MR) is 74.4 cm³/mol. The van der Waals surface area contributed by atoms with Crippen molar-refractivity contribution >= 4 is 16.9 Å². The van der Waals surface area contributed by atoms with Crippen LogP contribution in [0.25, 0.3) is 10.9 Å². The van der Waals surface area contributed by atoms with Gasteiger partial charge in [-0.3, -0.25) is 4.90 Å². The molecule has 1 aromatic heterocycles. The highest BCUT2D eigenvalue weighted by atomic mass is 16.4. The third kappa shape index (κ3) is 2.49. The van der Waals surface area contributed by atoms with Gasteiger partial charge in [0, 0.05) is 23.1 Å². The van der Waals surface area contributed by atoms with Gasteiger partial charge < -0.3 is 10.1 Å². The standard InChI is InChI=1S/C15H18N2O2/c18-15(19)12-5-4-6-14-13(12)9-11(16-14)10-17-7-2-1-3-8-17/h4-6,9,16H,1-3,7-8,10H2,(H,18,19). The van der Waals surface area contributed by atoms with Gasteiger partial charge in [0.1, 0.15) is 0 Å². The van der Waals surface area contributed by atoms with E-state index in [4.69, 9.17) is 0 Å². The number of nitrogens with zero attached hydrogens (tertiary/aromatic N) is 1. The normalized spacial score (nSPS) is 16.8. The second-order valence-corrected chi connectivity index (χ2v) is 5.20. The number of benzene rings is 1. The summed E-state index contributed by atoms with van der Waals surface area (Å²) in [6.07, 6.45) is 3.85. The molecule has 0 saturated carbocycles. The van der Waals surface area contributed by atoms with Gasteiger partial charge in [0.2, 0.25) is 0 Å². The SMILES string of the molecule is O=C(O)c1cccc2[nH]c(CN3CCCCC3)cc12. The molecule has 3 rings (SSSR count). The molecule has 0 atom stereocenters. The number of likely N-dealkylation sites (tertiary alicyclic amines) is 1. The number of H-pyrrole nitrogens is 1. The average Bonchev–Trinajstić information content (AvgIpc) is 2.81. The van der Waals surface area contributed by atoms with Gasteiger partial charge in [0.25, 0.3) is 0 Å². The van der Waals surface area contributed by atoms with E-state index in [9.17, 15) is 9.90 Å². The molecule has 4 nitrogen and oxygen atoms in total. The molecule has 100 valence electrons. The molecule has 0 unspecified atom stereocenters. The number of hydrogen-bond donors (Lipinski definition) is 2. The summed E-state index contributed by atoms with van der Waals surface area (Å²) in [5.74, 6) is -0.867. The van der Waals surface area contributed by atoms with E-state index in [1.807, 2.05) is 12.1 Å². The minimum Gasteiger partial charge on any atom is -0.478 e. The second-order valence-electron chi connectivity index (χ2n) is 5.20. The van der Waals surface area contributed by atoms with E-state index in [0.717, 1.165) is 36.2 Å². The van der Waals surface area contributed by atoms with Gasteiger partial charge in [-0.25, -0.2) is 4.79 Å². The first-order valence-electron chi connectivity index (χ1n) is 6.80. The Morgan fingerprint density at radius 2 is 2.05 bits per heavy atom. The summed E-state index contributed by atoms with van der Waals surface area (Å²) in [5, 5.41) is 10.00. The Hall–Kier alpha value is -1.81. The van der Waals surface area contributed by atoms with Gasteiger partial charge >= 0.3 is 5.97 Å². The number of hydrogen-bond acceptors (Lipinski definition) is 2. The minimum atomic E-state index is -0.867. The number of carboxylic acid groups (broad SMARTS) is 1. The molecule has 4 heteroatoms. The fraction of sp³-hybridized carbons (Fsp3) is 0.400. The van der Waals surface area contributed by atoms with Crippen LogP contribution >= 0.6 is 0 Å². The molecule has 2 N–H and O–H groups in total. The van der Waals surface area contributed by atoms with Crippen molar-refractivity contribution in [1.29, 1.82) is 0 Å². The van der Waals surface area contributed by atoms with Gasteiger partial charge in [-0.15, -0.1) is 0 Å². The van der Waals surface area contributed by atoms with Gasteiger partial charge in [-0.1, -0.05) is 12.5 Å². The molecule has 2 heterocycles. The Labute approximate surface area is 112 Å². The number of aromatic carboxylic acids is 1. The van der Waals surface area contributed by atoms with Crippen LogP contribution in [0.3, 0.4) is 0 Å². The summed E-state index contributed by atoms with van der Waals surface area (Å²) < 4.78 is 0. The molecule has 1 saturated heterocycles. The highest BCUT2D eigenvalue weighted by Gasteiger charge is 2.14. The molecule has 0 spiro atoms. The van der Waals surface area contributed by atoms with Crippen LogP contribution in [-0.4, -0.2) is 34.0 Å². The van der Waals surface area contributed by atoms with Crippen molar-refractivity contribution in [1.82, 2.24) is 9.88 Å². The first-order chi connectivity index (χ1) is 9.24. The van der Waals surface area contributed by atoms with E-state index in [0.29, 0.717) is 5.56 Å². The van der Waals surface area contributed by atoms with E-state index in [1.165, 1.54) is 19.3 Å². The molecule has 0 bridgehead atoms. The zero-order chi connectivity index (χ0) is 13.2. The number of nitrogens with one attached hydrogen (secondary N) is 1. The monoisotopic (exact) mass is 258 g/mol. The lowest BCUT2D eigenvalue weighted by Gasteiger charge is -2.25. The van der Waals surface area contributed by atoms with Gasteiger partial charge in [0.05, 0.1) is 5.56 Å². The van der Waals surface area contributed by atoms with Crippen LogP contribution in [0.5, 0.6) is 0 Å². The van der Waals surface area contributed by atoms with E-state index in [2.05, 4.69) is 9.88 Å². The van der Waals surface area contributed by atoms with Crippen LogP contribution in [0.1, 0.15) is 35.3 Å². The molecule has 1 aliphatic heterocycles. The number of fused-ring (bicyclic) bond motifs is 1. The van der Waals surface area contributed by atoms with Crippen molar-refractivity contribution in [3.05, 3.63) is 35.5 Å². The first kappa shape index (κ1) is 12.2. The summed E-state index contributed by atoms with van der Waals surface area (Å²) in [6, 6.07) is 7.35. The Kier molecular flexibility index (Phi) is 3.25. The molecule has 0 aliphatic carbocycles. The lowest BCUT2D eigenvalue weighted by Crippen LogP contribution is -2.29. The van der Waals surface area contributed by atoms with Crippen molar-refractivity contribution in [2.75, 3.05) is 13.1 Å². The van der Waals surface area contributed by atoms with E-state index < -0.39 is 5.97 Å². The summed E-state index contributed by atoms with van der Waals surface area (Å²) in [7, 11) is 0. The number of carbonyl (C=O) groups is 1. The fourth-order valence-electron chi connectivity index (χ4n) is 2.84. The molecule has 19 heavy (non-hydrogen) atoms. The highest BCUT2D eigenvalue weighted by molar-refractivity contribution is 6.03. The average molecular weight is 258 g/mol. The Balaban J connectivity index is 1.88. The maximum atomic E-state index is 11.2. The van der Waals surface area contributed by atoms with Crippen LogP contribution < -0.4 is 0 Å². The quantitative estimate of drug-likeness (QED) is 0.890. The summed E-state index contributed by atoms with van der Waals surface area (Å²) in [6.45, 7) is 3.16. The van der Waals surface area contributed by atoms with Gasteiger partial charge in [-0.2, -0.15) is 0 Å². The number of aromatic nitrogens is 1. The van der Waals surface area contributed by atoms with Gasteiger partial charge in [-0.05, 0) is 44.1 Å². The lowest BCUT2D eigenvalue weighted by atomic mass is 10.1. The summed E-state index contributed by atoms with van der Waals surface area (Å²) in [4.78, 5) is 16.9. The maximum Gasteiger partial charge on any atom is 0.336 e. The van der Waals surface area contributed by atoms with E-state index in [1.54, 1.807) is 12.1 Å². The third-order valence-electron chi connectivity index (χ3n) is 3.79. The zero-order valence-corrected chi connectivity index (χ0v) is 10.9. The largest absolute Gasteiger partial charge is 0.478 e. The Morgan fingerprint density at radius 3 is 2.79 bits per heavy atom. The summed E-state index contributed by atoms with van der Waals surface area (Å²) in [5.41, 5.74) is 2.39. The van der Waals surface area contributed by atoms with Crippen molar-refractivity contribution in [2.45, 2.75) is 25.8 Å². The number of piperidine rings is 1. The van der Waals surface area contributed by atoms with Crippen LogP contribution in [-0.2, 0) is 6.54 Å². The maximum absolute atomic E-state index is 11.2. The van der Waals surface area contributed by atoms with Crippen LogP contribution in [0.4, 0.5) is 0 Å². The zero-order valence-electron chi connectivity index (χ0n) is 10.9. The molecule has 1 aromatic carbocycles. The fourth-order valence-corrected chi connectivity index (χ4v) is 2.84. The van der Waals surface area contributed by atoms with E-state index >= 15 is 0 Å². The van der Waals surface area contributed by atoms with Gasteiger partial charge in [0.15, 0.2) is 0 Å². The molecule has 0 amide bonds. The second kappa shape index (κ2) is 5.05. The third-order valence-corrected chi connectivity index (χ3v) is 3.79. The molecular formula is C15H18N2O2. The Bertz CT molecular complexity index is 597. The number of carboxylic acids is 1. The topological polar surface area (TPSA) is 56.3 Å². The number of rotatable bonds is 3. The summed E-state index contributed by atoms with van der Waals surface area (Å²) >= 11 is 0. The molecule has 1 aliphatic rings. The molecular weight excluding hydrogens is 240 g/mol. The van der Waals surface area contributed by atoms with E-state index in [-0.39, 0.29) is 0 Å². The van der Waals surface area contributed by atoms with Crippen LogP contribution in [0.2, 0.25) is 0 Å². The molecule has 1 fully saturated rings. The van der Waals surface area contributed by atoms with Crippen molar-refractivity contribution < 1.29 is 9.90 Å². The van der Waals surface area contributed by atoms with Crippen molar-refractivity contribution in [3.63, 3.8) is 0 Å². The Morgan fingerprint density at radius 1 is 1.26 bits per heavy atom. The smallest absolute Gasteiger partial charge is 0.336 e. The lowest BCUT2D eigenvalue weighted by molar-refractivity contribution is 0.0699. The predicted octanol–water partition coefficient (Wildman–Crippen LogP) is 2.85. The highest BCUT2D eigenvalue weighted by Crippen LogP contribution is 2.21. The number of aromatic amines is 1. The van der Waals surface area contributed by atoms with Crippen LogP contribution in [0.15, 0.2) is 24.3 Å².